The van der Waals surface area contributed by atoms with Gasteiger partial charge in [-0.15, -0.1) is 0 Å². The molecule has 3 heterocycles. The summed E-state index contributed by atoms with van der Waals surface area (Å²) in [6, 6.07) is 0. The number of fused-ring (bicyclic) bond motifs is 5. The third-order valence-electron chi connectivity index (χ3n) is 18.7. The van der Waals surface area contributed by atoms with Crippen molar-refractivity contribution in [2.75, 3.05) is 19.8 Å². The molecule has 7 rings (SSSR count). The van der Waals surface area contributed by atoms with Gasteiger partial charge in [0.1, 0.15) is 73.2 Å². The van der Waals surface area contributed by atoms with E-state index < -0.39 is 136 Å². The molecule has 3 saturated carbocycles. The van der Waals surface area contributed by atoms with Crippen molar-refractivity contribution >= 4 is 0 Å². The minimum absolute atomic E-state index is 0.0795. The Labute approximate surface area is 393 Å². The van der Waals surface area contributed by atoms with Gasteiger partial charge < -0.3 is 94.8 Å². The summed E-state index contributed by atoms with van der Waals surface area (Å²) in [5.41, 5.74) is -1.32. The van der Waals surface area contributed by atoms with Crippen LogP contribution in [0, 0.1) is 45.3 Å². The summed E-state index contributed by atoms with van der Waals surface area (Å²) in [5, 5.41) is 141. The van der Waals surface area contributed by atoms with E-state index >= 15 is 0 Å². The van der Waals surface area contributed by atoms with Gasteiger partial charge >= 0.3 is 0 Å². The lowest BCUT2D eigenvalue weighted by molar-refractivity contribution is -0.380. The number of allylic oxidation sites excluding steroid dienone is 1. The molecular weight excluding hydrogens is 881 g/mol. The lowest BCUT2D eigenvalue weighted by Crippen LogP contribution is -2.65. The Balaban J connectivity index is 1.10. The molecule has 0 aromatic carbocycles. The SMILES string of the molecule is C[C@H](CC[C@@H](O[C@@H]1O[C@H](CO[C@H]2O[C@H](CO)[C@@H](O)[C@H](O)[C@H]2O)[C@@H](O)[C@H](O)[C@H]1O[C@@H]1O[C@H](CO)[C@@H](O)[C@H](O)[C@H]1O)C(C)(C)O)C1CC[C@@]2(C)C3CC=C4C(CC[C@H](O)C4(C)C)[C@]3(C)[C@H](O)C[C@]12C. The largest absolute Gasteiger partial charge is 0.394 e. The van der Waals surface area contributed by atoms with E-state index in [1.54, 1.807) is 13.8 Å². The first-order valence-corrected chi connectivity index (χ1v) is 24.5. The average Bonchev–Trinajstić information content (AvgIpc) is 3.54. The number of hydrogen-bond acceptors (Lipinski definition) is 19. The second-order valence-corrected chi connectivity index (χ2v) is 23.1. The molecule has 0 spiro atoms. The molecule has 0 bridgehead atoms. The highest BCUT2D eigenvalue weighted by Crippen LogP contribution is 2.75. The third kappa shape index (κ3) is 9.24. The molecule has 3 aliphatic heterocycles. The molecule has 19 nitrogen and oxygen atoms in total. The van der Waals surface area contributed by atoms with Crippen molar-refractivity contribution in [3.8, 4) is 0 Å². The van der Waals surface area contributed by atoms with Crippen LogP contribution in [-0.4, -0.2) is 202 Å². The van der Waals surface area contributed by atoms with Crippen molar-refractivity contribution in [2.45, 2.75) is 223 Å². The maximum absolute atomic E-state index is 12.4. The number of hydrogen-bond donors (Lipinski definition) is 13. The molecule has 388 valence electrons. The molecule has 0 aromatic rings. The Bertz CT molecular complexity index is 1710. The van der Waals surface area contributed by atoms with Crippen LogP contribution < -0.4 is 0 Å². The summed E-state index contributed by atoms with van der Waals surface area (Å²) >= 11 is 0. The van der Waals surface area contributed by atoms with E-state index in [2.05, 4.69) is 47.6 Å². The summed E-state index contributed by atoms with van der Waals surface area (Å²) in [6.07, 6.45) is -19.2. The van der Waals surface area contributed by atoms with Crippen LogP contribution in [-0.2, 0) is 28.4 Å². The van der Waals surface area contributed by atoms with Gasteiger partial charge in [0.2, 0.25) is 0 Å². The van der Waals surface area contributed by atoms with Crippen molar-refractivity contribution < 1.29 is 94.8 Å². The predicted molar refractivity (Wildman–Crippen MR) is 235 cm³/mol. The zero-order chi connectivity index (χ0) is 49.5. The van der Waals surface area contributed by atoms with Crippen LogP contribution in [0.1, 0.15) is 107 Å². The minimum atomic E-state index is -1.90. The Kier molecular flexibility index (Phi) is 15.9. The Morgan fingerprint density at radius 2 is 1.24 bits per heavy atom. The Morgan fingerprint density at radius 1 is 0.672 bits per heavy atom. The molecule has 19 heteroatoms. The molecule has 67 heavy (non-hydrogen) atoms. The highest BCUT2D eigenvalue weighted by molar-refractivity contribution is 5.31. The van der Waals surface area contributed by atoms with Gasteiger partial charge in [-0.05, 0) is 99.7 Å². The average molecular weight is 963 g/mol. The van der Waals surface area contributed by atoms with Gasteiger partial charge in [-0.1, -0.05) is 53.2 Å². The maximum Gasteiger partial charge on any atom is 0.187 e. The number of ether oxygens (including phenoxy) is 6. The zero-order valence-corrected chi connectivity index (χ0v) is 40.3. The standard InChI is InChI=1S/C48H82O19/c1-21(22-15-16-46(6)28-12-10-23-24(11-13-29(51)44(23,2)3)48(28,8)30(52)17-47(22,46)7)9-14-31(45(4,5)61)66-43-40(67-42-39(60)36(57)33(54)26(19-50)64-42)37(58)34(55)27(65-43)20-62-41-38(59)35(56)32(53)25(18-49)63-41/h10,21-22,24-43,49-61H,9,11-20H2,1-8H3/t21-,22?,24?,25-,26-,27-,28?,29+,30-,31-,32-,33-,34-,35+,36+,37+,38-,39-,40-,41+,42+,43+,46+,47-,48+/m1/s1. The molecule has 0 radical (unpaired) electrons. The molecule has 0 aromatic heterocycles. The van der Waals surface area contributed by atoms with Crippen LogP contribution in [0.3, 0.4) is 0 Å². The normalized spacial score (nSPS) is 51.0. The summed E-state index contributed by atoms with van der Waals surface area (Å²) < 4.78 is 35.5. The van der Waals surface area contributed by atoms with Crippen LogP contribution >= 0.6 is 0 Å². The quantitative estimate of drug-likeness (QED) is 0.0924. The molecule has 25 atom stereocenters. The first-order chi connectivity index (χ1) is 31.2. The Morgan fingerprint density at radius 3 is 1.84 bits per heavy atom. The minimum Gasteiger partial charge on any atom is -0.394 e. The number of aliphatic hydroxyl groups excluding tert-OH is 12. The lowest BCUT2D eigenvalue weighted by Gasteiger charge is -2.67. The second kappa shape index (κ2) is 19.8. The first kappa shape index (κ1) is 53.8. The fraction of sp³-hybridized carbons (Fsp3) is 0.958. The smallest absolute Gasteiger partial charge is 0.187 e. The monoisotopic (exact) mass is 963 g/mol. The van der Waals surface area contributed by atoms with Crippen molar-refractivity contribution in [1.29, 1.82) is 0 Å². The van der Waals surface area contributed by atoms with Crippen molar-refractivity contribution in [2.24, 2.45) is 45.3 Å². The zero-order valence-electron chi connectivity index (χ0n) is 40.3. The summed E-state index contributed by atoms with van der Waals surface area (Å²) in [6.45, 7) is 14.4. The van der Waals surface area contributed by atoms with Crippen LogP contribution in [0.15, 0.2) is 11.6 Å². The Hall–Kier alpha value is -1.02. The van der Waals surface area contributed by atoms with E-state index in [-0.39, 0.29) is 51.8 Å². The van der Waals surface area contributed by atoms with E-state index in [9.17, 15) is 66.4 Å². The van der Waals surface area contributed by atoms with Gasteiger partial charge in [-0.3, -0.25) is 0 Å². The fourth-order valence-corrected chi connectivity index (χ4v) is 14.1. The van der Waals surface area contributed by atoms with Crippen LogP contribution in [0.4, 0.5) is 0 Å². The molecule has 3 saturated heterocycles. The number of rotatable bonds is 14. The molecule has 4 aliphatic carbocycles. The third-order valence-corrected chi connectivity index (χ3v) is 18.7. The fourth-order valence-electron chi connectivity index (χ4n) is 14.1. The van der Waals surface area contributed by atoms with Crippen LogP contribution in [0.25, 0.3) is 0 Å². The molecule has 0 amide bonds. The predicted octanol–water partition coefficient (Wildman–Crippen LogP) is -1.06. The maximum atomic E-state index is 12.4. The molecule has 13 N–H and O–H groups in total. The molecule has 7 aliphatic rings. The number of aliphatic hydroxyl groups is 13. The van der Waals surface area contributed by atoms with Crippen molar-refractivity contribution in [1.82, 2.24) is 0 Å². The topological polar surface area (TPSA) is 318 Å². The van der Waals surface area contributed by atoms with E-state index in [4.69, 9.17) is 28.4 Å². The van der Waals surface area contributed by atoms with Gasteiger partial charge in [0, 0.05) is 10.8 Å². The van der Waals surface area contributed by atoms with Crippen LogP contribution in [0.5, 0.6) is 0 Å². The first-order valence-electron chi connectivity index (χ1n) is 24.5. The van der Waals surface area contributed by atoms with Gasteiger partial charge in [0.05, 0.1) is 43.7 Å². The van der Waals surface area contributed by atoms with Gasteiger partial charge in [-0.25, -0.2) is 0 Å². The summed E-state index contributed by atoms with van der Waals surface area (Å²) in [7, 11) is 0. The lowest BCUT2D eigenvalue weighted by atomic mass is 9.38. The van der Waals surface area contributed by atoms with E-state index in [1.807, 2.05) is 0 Å². The van der Waals surface area contributed by atoms with Gasteiger partial charge in [0.25, 0.3) is 0 Å². The van der Waals surface area contributed by atoms with E-state index in [1.165, 1.54) is 5.57 Å². The highest BCUT2D eigenvalue weighted by atomic mass is 16.8. The molecular formula is C48H82O19. The van der Waals surface area contributed by atoms with E-state index in [0.29, 0.717) is 19.3 Å². The van der Waals surface area contributed by atoms with Gasteiger partial charge in [0.15, 0.2) is 18.9 Å². The van der Waals surface area contributed by atoms with Gasteiger partial charge in [-0.2, -0.15) is 0 Å². The highest BCUT2D eigenvalue weighted by Gasteiger charge is 2.70. The molecule has 3 unspecified atom stereocenters. The van der Waals surface area contributed by atoms with Crippen molar-refractivity contribution in [3.63, 3.8) is 0 Å². The summed E-state index contributed by atoms with van der Waals surface area (Å²) in [4.78, 5) is 0. The summed E-state index contributed by atoms with van der Waals surface area (Å²) in [5.74, 6) is 0.678. The molecule has 6 fully saturated rings. The van der Waals surface area contributed by atoms with Crippen molar-refractivity contribution in [3.05, 3.63) is 11.6 Å². The van der Waals surface area contributed by atoms with E-state index in [0.717, 1.165) is 25.7 Å². The van der Waals surface area contributed by atoms with Crippen LogP contribution in [0.2, 0.25) is 0 Å². The second-order valence-electron chi connectivity index (χ2n) is 23.1.